The highest BCUT2D eigenvalue weighted by Gasteiger charge is 2.21. The fraction of sp³-hybridized carbons (Fsp3) is 0.364. The smallest absolute Gasteiger partial charge is 0.250 e. The molecule has 0 N–H and O–H groups in total. The van der Waals surface area contributed by atoms with E-state index in [2.05, 4.69) is 40.3 Å². The van der Waals surface area contributed by atoms with Crippen LogP contribution in [0.1, 0.15) is 35.4 Å². The molecule has 0 aliphatic carbocycles. The van der Waals surface area contributed by atoms with Crippen LogP contribution in [0.2, 0.25) is 0 Å². The van der Waals surface area contributed by atoms with Gasteiger partial charge in [0.1, 0.15) is 0 Å². The zero-order valence-corrected chi connectivity index (χ0v) is 15.8. The van der Waals surface area contributed by atoms with Gasteiger partial charge in [-0.25, -0.2) is 0 Å². The molecule has 0 saturated carbocycles. The number of likely N-dealkylation sites (tertiary alicyclic amines) is 1. The summed E-state index contributed by atoms with van der Waals surface area (Å²) in [7, 11) is 1.80. The lowest BCUT2D eigenvalue weighted by atomic mass is 9.89. The topological polar surface area (TPSA) is 43.1 Å². The van der Waals surface area contributed by atoms with Gasteiger partial charge in [-0.3, -0.25) is 14.4 Å². The zero-order chi connectivity index (χ0) is 18.6. The summed E-state index contributed by atoms with van der Waals surface area (Å²) >= 11 is 0. The Balaban J connectivity index is 1.39. The van der Waals surface area contributed by atoms with Crippen LogP contribution in [0.4, 0.5) is 0 Å². The first-order chi connectivity index (χ1) is 13.2. The predicted octanol–water partition coefficient (Wildman–Crippen LogP) is 3.01. The molecule has 1 aliphatic heterocycles. The van der Waals surface area contributed by atoms with Crippen LogP contribution in [0.25, 0.3) is 0 Å². The van der Waals surface area contributed by atoms with E-state index in [1.54, 1.807) is 17.7 Å². The van der Waals surface area contributed by atoms with Crippen molar-refractivity contribution in [3.63, 3.8) is 0 Å². The van der Waals surface area contributed by atoms with Crippen LogP contribution in [0.15, 0.2) is 65.8 Å². The molecule has 5 nitrogen and oxygen atoms in total. The second-order valence-electron chi connectivity index (χ2n) is 7.43. The van der Waals surface area contributed by atoms with Gasteiger partial charge >= 0.3 is 0 Å². The molecule has 1 saturated heterocycles. The minimum Gasteiger partial charge on any atom is -0.319 e. The Kier molecular flexibility index (Phi) is 5.21. The molecule has 3 heterocycles. The second kappa shape index (κ2) is 7.92. The number of benzene rings is 1. The summed E-state index contributed by atoms with van der Waals surface area (Å²) in [6.07, 6.45) is 7.93. The molecule has 27 heavy (non-hydrogen) atoms. The Labute approximate surface area is 159 Å². The molecule has 1 fully saturated rings. The molecule has 4 rings (SSSR count). The third kappa shape index (κ3) is 4.19. The summed E-state index contributed by atoms with van der Waals surface area (Å²) in [5.74, 6) is 0.495. The first kappa shape index (κ1) is 17.7. The number of rotatable bonds is 5. The molecule has 0 unspecified atom stereocenters. The van der Waals surface area contributed by atoms with Crippen molar-refractivity contribution < 1.29 is 0 Å². The normalized spacial score (nSPS) is 15.9. The molecule has 0 amide bonds. The summed E-state index contributed by atoms with van der Waals surface area (Å²) in [5, 5.41) is 4.33. The van der Waals surface area contributed by atoms with Gasteiger partial charge in [-0.2, -0.15) is 5.10 Å². The Bertz CT molecular complexity index is 937. The molecule has 0 radical (unpaired) electrons. The van der Waals surface area contributed by atoms with Crippen LogP contribution in [0, 0.1) is 0 Å². The van der Waals surface area contributed by atoms with E-state index in [1.165, 1.54) is 16.7 Å². The standard InChI is InChI=1S/C22H26N4O/c1-24-12-7-19(15-22(24)27)18-8-13-25(14-9-18)16-20-5-2-3-6-21(20)17-26-11-4-10-23-26/h2-7,10-12,15,18H,8-9,13-14,16-17H2,1H3. The number of hydrogen-bond donors (Lipinski definition) is 0. The van der Waals surface area contributed by atoms with Crippen LogP contribution >= 0.6 is 0 Å². The Morgan fingerprint density at radius 2 is 1.74 bits per heavy atom. The van der Waals surface area contributed by atoms with Gasteiger partial charge in [0, 0.05) is 38.2 Å². The SMILES string of the molecule is Cn1ccc(C2CCN(Cc3ccccc3Cn3cccn3)CC2)cc1=O. The van der Waals surface area contributed by atoms with Crippen molar-refractivity contribution in [2.75, 3.05) is 13.1 Å². The molecule has 1 aromatic carbocycles. The van der Waals surface area contributed by atoms with Crippen molar-refractivity contribution in [3.05, 3.63) is 88.1 Å². The third-order valence-electron chi connectivity index (χ3n) is 5.59. The summed E-state index contributed by atoms with van der Waals surface area (Å²) in [6.45, 7) is 3.92. The molecule has 5 heteroatoms. The first-order valence-electron chi connectivity index (χ1n) is 9.62. The first-order valence-corrected chi connectivity index (χ1v) is 9.62. The van der Waals surface area contributed by atoms with Gasteiger partial charge in [0.05, 0.1) is 6.54 Å². The van der Waals surface area contributed by atoms with E-state index in [1.807, 2.05) is 29.3 Å². The molecule has 2 aromatic heterocycles. The van der Waals surface area contributed by atoms with Crippen LogP contribution < -0.4 is 5.56 Å². The fourth-order valence-electron chi connectivity index (χ4n) is 3.92. The van der Waals surface area contributed by atoms with Gasteiger partial charge in [0.15, 0.2) is 0 Å². The lowest BCUT2D eigenvalue weighted by molar-refractivity contribution is 0.204. The fourth-order valence-corrected chi connectivity index (χ4v) is 3.92. The monoisotopic (exact) mass is 362 g/mol. The van der Waals surface area contributed by atoms with Crippen LogP contribution in [-0.4, -0.2) is 32.3 Å². The number of nitrogens with zero attached hydrogens (tertiary/aromatic N) is 4. The summed E-state index contributed by atoms with van der Waals surface area (Å²) in [4.78, 5) is 14.4. The van der Waals surface area contributed by atoms with Crippen molar-refractivity contribution in [2.45, 2.75) is 31.8 Å². The van der Waals surface area contributed by atoms with E-state index in [0.29, 0.717) is 5.92 Å². The van der Waals surface area contributed by atoms with Gasteiger partial charge in [0.25, 0.3) is 5.56 Å². The molecular weight excluding hydrogens is 336 g/mol. The number of pyridine rings is 1. The van der Waals surface area contributed by atoms with Gasteiger partial charge in [-0.15, -0.1) is 0 Å². The Hall–Kier alpha value is -2.66. The third-order valence-corrected chi connectivity index (χ3v) is 5.59. The van der Waals surface area contributed by atoms with E-state index >= 15 is 0 Å². The van der Waals surface area contributed by atoms with Crippen molar-refractivity contribution in [1.82, 2.24) is 19.2 Å². The zero-order valence-electron chi connectivity index (χ0n) is 15.8. The highest BCUT2D eigenvalue weighted by Crippen LogP contribution is 2.28. The average molecular weight is 362 g/mol. The lowest BCUT2D eigenvalue weighted by Crippen LogP contribution is -2.33. The average Bonchev–Trinajstić information content (AvgIpc) is 3.19. The highest BCUT2D eigenvalue weighted by atomic mass is 16.1. The number of piperidine rings is 1. The minimum atomic E-state index is 0.0856. The van der Waals surface area contributed by atoms with Crippen molar-refractivity contribution in [3.8, 4) is 0 Å². The van der Waals surface area contributed by atoms with Crippen molar-refractivity contribution >= 4 is 0 Å². The molecule has 3 aromatic rings. The molecule has 0 atom stereocenters. The molecule has 0 bridgehead atoms. The van der Waals surface area contributed by atoms with E-state index in [-0.39, 0.29) is 5.56 Å². The van der Waals surface area contributed by atoms with Gasteiger partial charge in [-0.1, -0.05) is 24.3 Å². The van der Waals surface area contributed by atoms with Gasteiger partial charge in [0.2, 0.25) is 0 Å². The van der Waals surface area contributed by atoms with Gasteiger partial charge < -0.3 is 4.57 Å². The summed E-state index contributed by atoms with van der Waals surface area (Å²) < 4.78 is 3.61. The summed E-state index contributed by atoms with van der Waals surface area (Å²) in [5.41, 5.74) is 3.98. The minimum absolute atomic E-state index is 0.0856. The Morgan fingerprint density at radius 3 is 2.41 bits per heavy atom. The predicted molar refractivity (Wildman–Crippen MR) is 107 cm³/mol. The maximum atomic E-state index is 11.9. The lowest BCUT2D eigenvalue weighted by Gasteiger charge is -2.32. The number of hydrogen-bond acceptors (Lipinski definition) is 3. The van der Waals surface area contributed by atoms with E-state index in [9.17, 15) is 4.79 Å². The molecule has 140 valence electrons. The van der Waals surface area contributed by atoms with E-state index in [4.69, 9.17) is 0 Å². The van der Waals surface area contributed by atoms with Crippen molar-refractivity contribution in [1.29, 1.82) is 0 Å². The summed E-state index contributed by atoms with van der Waals surface area (Å²) in [6, 6.07) is 14.5. The molecule has 0 spiro atoms. The maximum Gasteiger partial charge on any atom is 0.250 e. The molecular formula is C22H26N4O. The number of aryl methyl sites for hydroxylation is 1. The van der Waals surface area contributed by atoms with E-state index < -0.39 is 0 Å². The maximum absolute atomic E-state index is 11.9. The van der Waals surface area contributed by atoms with Crippen LogP contribution in [-0.2, 0) is 20.1 Å². The second-order valence-corrected chi connectivity index (χ2v) is 7.43. The quantitative estimate of drug-likeness (QED) is 0.701. The largest absolute Gasteiger partial charge is 0.319 e. The van der Waals surface area contributed by atoms with Crippen LogP contribution in [0.5, 0.6) is 0 Å². The highest BCUT2D eigenvalue weighted by molar-refractivity contribution is 5.27. The van der Waals surface area contributed by atoms with Crippen LogP contribution in [0.3, 0.4) is 0 Å². The Morgan fingerprint density at radius 1 is 1.00 bits per heavy atom. The van der Waals surface area contributed by atoms with Gasteiger partial charge in [-0.05, 0) is 60.7 Å². The van der Waals surface area contributed by atoms with Crippen molar-refractivity contribution in [2.24, 2.45) is 7.05 Å². The van der Waals surface area contributed by atoms with E-state index in [0.717, 1.165) is 39.0 Å². The molecule has 1 aliphatic rings. The number of aromatic nitrogens is 3.